The monoisotopic (exact) mass is 521 g/mol. The number of nitrogens with zero attached hydrogens (tertiary/aromatic N) is 6. The van der Waals surface area contributed by atoms with Crippen molar-refractivity contribution in [2.24, 2.45) is 5.92 Å². The molecule has 1 aliphatic heterocycles. The van der Waals surface area contributed by atoms with Crippen LogP contribution in [0.4, 0.5) is 21.7 Å². The lowest BCUT2D eigenvalue weighted by Crippen LogP contribution is -2.27. The standard InChI is InChI=1S/C25H28FN9O3/c1-27-22-10-21(32-23-17(12-29-35(22)23)24(36)31-20-9-18(20)26)30-19-3-2-6-34(25(19)37)16-11-28-33(14-16)13-15-4-7-38-8-5-15/h2-3,6,10-12,14-15,18,20,27H,4-5,7-9,13H2,1H3,(H,30,32)(H,31,36)/t18-,20+/m1/s1. The maximum atomic E-state index is 13.4. The van der Waals surface area contributed by atoms with E-state index >= 15 is 0 Å². The first-order valence-electron chi connectivity index (χ1n) is 12.6. The first-order chi connectivity index (χ1) is 18.5. The average Bonchev–Trinajstić information content (AvgIpc) is 3.28. The van der Waals surface area contributed by atoms with Crippen LogP contribution in [0.1, 0.15) is 29.6 Å². The van der Waals surface area contributed by atoms with Crippen LogP contribution >= 0.6 is 0 Å². The largest absolute Gasteiger partial charge is 0.381 e. The van der Waals surface area contributed by atoms with Gasteiger partial charge in [-0.25, -0.2) is 9.37 Å². The van der Waals surface area contributed by atoms with E-state index in [1.165, 1.54) is 15.3 Å². The molecular weight excluding hydrogens is 493 g/mol. The molecule has 1 amide bonds. The van der Waals surface area contributed by atoms with E-state index < -0.39 is 18.1 Å². The third-order valence-corrected chi connectivity index (χ3v) is 6.90. The molecule has 0 bridgehead atoms. The highest BCUT2D eigenvalue weighted by atomic mass is 19.1. The maximum absolute atomic E-state index is 13.4. The minimum atomic E-state index is -1.02. The zero-order chi connectivity index (χ0) is 26.2. The Morgan fingerprint density at radius 3 is 2.82 bits per heavy atom. The zero-order valence-electron chi connectivity index (χ0n) is 20.8. The van der Waals surface area contributed by atoms with Gasteiger partial charge in [0.15, 0.2) is 5.65 Å². The molecule has 1 saturated carbocycles. The molecule has 1 saturated heterocycles. The number of amides is 1. The van der Waals surface area contributed by atoms with Gasteiger partial charge in [0.05, 0.1) is 24.1 Å². The van der Waals surface area contributed by atoms with Crippen molar-refractivity contribution in [1.29, 1.82) is 0 Å². The predicted octanol–water partition coefficient (Wildman–Crippen LogP) is 2.13. The van der Waals surface area contributed by atoms with Crippen molar-refractivity contribution in [3.05, 3.63) is 58.9 Å². The van der Waals surface area contributed by atoms with Crippen molar-refractivity contribution in [1.82, 2.24) is 34.3 Å². The molecule has 4 aromatic rings. The van der Waals surface area contributed by atoms with E-state index in [1.807, 2.05) is 10.9 Å². The Labute approximate surface area is 216 Å². The minimum Gasteiger partial charge on any atom is -0.381 e. The predicted molar refractivity (Wildman–Crippen MR) is 138 cm³/mol. The van der Waals surface area contributed by atoms with Crippen LogP contribution in [0.25, 0.3) is 11.3 Å². The van der Waals surface area contributed by atoms with Crippen LogP contribution in [0.5, 0.6) is 0 Å². The SMILES string of the molecule is CNc1cc(Nc2cccn(-c3cnn(CC4CCOCC4)c3)c2=O)nc2c(C(=O)N[C@H]3C[C@H]3F)cnn12. The second kappa shape index (κ2) is 9.89. The van der Waals surface area contributed by atoms with Gasteiger partial charge in [0.1, 0.15) is 29.1 Å². The van der Waals surface area contributed by atoms with E-state index in [4.69, 9.17) is 4.74 Å². The van der Waals surface area contributed by atoms with Gasteiger partial charge in [0.2, 0.25) is 0 Å². The van der Waals surface area contributed by atoms with Crippen LogP contribution in [0.3, 0.4) is 0 Å². The molecule has 12 nitrogen and oxygen atoms in total. The molecule has 0 radical (unpaired) electrons. The first kappa shape index (κ1) is 24.1. The van der Waals surface area contributed by atoms with E-state index in [-0.39, 0.29) is 16.8 Å². The highest BCUT2D eigenvalue weighted by molar-refractivity contribution is 6.00. The minimum absolute atomic E-state index is 0.215. The summed E-state index contributed by atoms with van der Waals surface area (Å²) in [4.78, 5) is 30.6. The summed E-state index contributed by atoms with van der Waals surface area (Å²) in [5.41, 5.74) is 1.17. The summed E-state index contributed by atoms with van der Waals surface area (Å²) in [6.07, 6.45) is 7.90. The second-order valence-electron chi connectivity index (χ2n) is 9.60. The van der Waals surface area contributed by atoms with Crippen LogP contribution < -0.4 is 21.5 Å². The number of hydrogen-bond acceptors (Lipinski definition) is 8. The van der Waals surface area contributed by atoms with Gasteiger partial charge in [-0.2, -0.15) is 14.7 Å². The lowest BCUT2D eigenvalue weighted by Gasteiger charge is -2.21. The number of nitrogens with one attached hydrogen (secondary N) is 3. The molecule has 1 aliphatic carbocycles. The molecule has 2 fully saturated rings. The van der Waals surface area contributed by atoms with Gasteiger partial charge in [-0.05, 0) is 30.9 Å². The molecule has 38 heavy (non-hydrogen) atoms. The van der Waals surface area contributed by atoms with E-state index in [0.29, 0.717) is 35.3 Å². The zero-order valence-corrected chi connectivity index (χ0v) is 20.8. The normalized spacial score (nSPS) is 19.4. The van der Waals surface area contributed by atoms with E-state index in [2.05, 4.69) is 31.1 Å². The number of fused-ring (bicyclic) bond motifs is 1. The summed E-state index contributed by atoms with van der Waals surface area (Å²) >= 11 is 0. The third kappa shape index (κ3) is 4.72. The van der Waals surface area contributed by atoms with Gasteiger partial charge in [-0.15, -0.1) is 0 Å². The van der Waals surface area contributed by atoms with Gasteiger partial charge in [0.25, 0.3) is 11.5 Å². The molecule has 5 heterocycles. The maximum Gasteiger partial charge on any atom is 0.278 e. The lowest BCUT2D eigenvalue weighted by molar-refractivity contribution is 0.0601. The van der Waals surface area contributed by atoms with Gasteiger partial charge in [-0.1, -0.05) is 0 Å². The molecule has 2 aliphatic rings. The molecule has 3 N–H and O–H groups in total. The summed E-state index contributed by atoms with van der Waals surface area (Å²) in [5.74, 6) is 0.951. The summed E-state index contributed by atoms with van der Waals surface area (Å²) in [5, 5.41) is 17.5. The molecule has 0 spiro atoms. The summed E-state index contributed by atoms with van der Waals surface area (Å²) in [6.45, 7) is 2.32. The summed E-state index contributed by atoms with van der Waals surface area (Å²) in [7, 11) is 1.71. The summed E-state index contributed by atoms with van der Waals surface area (Å²) < 4.78 is 23.6. The number of hydrogen-bond donors (Lipinski definition) is 3. The van der Waals surface area contributed by atoms with Crippen molar-refractivity contribution in [3.8, 4) is 5.69 Å². The lowest BCUT2D eigenvalue weighted by atomic mass is 10.0. The van der Waals surface area contributed by atoms with Crippen LogP contribution in [-0.4, -0.2) is 67.3 Å². The Hall–Kier alpha value is -4.26. The van der Waals surface area contributed by atoms with Gasteiger partial charge >= 0.3 is 0 Å². The Morgan fingerprint density at radius 1 is 1.24 bits per heavy atom. The fraction of sp³-hybridized carbons (Fsp3) is 0.400. The quantitative estimate of drug-likeness (QED) is 0.321. The van der Waals surface area contributed by atoms with Crippen LogP contribution in [-0.2, 0) is 11.3 Å². The number of aromatic nitrogens is 6. The van der Waals surface area contributed by atoms with E-state index in [0.717, 1.165) is 32.6 Å². The number of halogens is 1. The van der Waals surface area contributed by atoms with Crippen molar-refractivity contribution in [2.45, 2.75) is 38.0 Å². The third-order valence-electron chi connectivity index (χ3n) is 6.90. The van der Waals surface area contributed by atoms with Crippen LogP contribution in [0.2, 0.25) is 0 Å². The van der Waals surface area contributed by atoms with E-state index in [1.54, 1.807) is 37.6 Å². The van der Waals surface area contributed by atoms with Crippen LogP contribution in [0, 0.1) is 5.92 Å². The molecule has 4 aromatic heterocycles. The highest BCUT2D eigenvalue weighted by Crippen LogP contribution is 2.26. The number of ether oxygens (including phenoxy) is 1. The number of carbonyl (C=O) groups is 1. The smallest absolute Gasteiger partial charge is 0.278 e. The number of anilines is 3. The fourth-order valence-electron chi connectivity index (χ4n) is 4.63. The first-order valence-corrected chi connectivity index (χ1v) is 12.6. The number of carbonyl (C=O) groups excluding carboxylic acids is 1. The molecule has 0 aromatic carbocycles. The number of rotatable bonds is 8. The van der Waals surface area contributed by atoms with Crippen molar-refractivity contribution < 1.29 is 13.9 Å². The Kier molecular flexibility index (Phi) is 6.27. The topological polar surface area (TPSA) is 132 Å². The fourth-order valence-corrected chi connectivity index (χ4v) is 4.63. The Bertz CT molecular complexity index is 1540. The van der Waals surface area contributed by atoms with Crippen LogP contribution in [0.15, 0.2) is 47.8 Å². The Balaban J connectivity index is 1.26. The van der Waals surface area contributed by atoms with Gasteiger partial charge in [-0.3, -0.25) is 18.8 Å². The van der Waals surface area contributed by atoms with E-state index in [9.17, 15) is 14.0 Å². The summed E-state index contributed by atoms with van der Waals surface area (Å²) in [6, 6.07) is 4.63. The Morgan fingerprint density at radius 2 is 2.05 bits per heavy atom. The molecule has 0 unspecified atom stereocenters. The molecule has 6 rings (SSSR count). The molecule has 2 atom stereocenters. The molecule has 13 heteroatoms. The van der Waals surface area contributed by atoms with Crippen molar-refractivity contribution in [2.75, 3.05) is 30.9 Å². The average molecular weight is 522 g/mol. The van der Waals surface area contributed by atoms with Gasteiger partial charge < -0.3 is 20.7 Å². The molecule has 198 valence electrons. The number of alkyl halides is 1. The highest BCUT2D eigenvalue weighted by Gasteiger charge is 2.39. The van der Waals surface area contributed by atoms with Crippen molar-refractivity contribution in [3.63, 3.8) is 0 Å². The van der Waals surface area contributed by atoms with Crippen molar-refractivity contribution >= 4 is 28.9 Å². The molecular formula is C25H28FN9O3. The second-order valence-corrected chi connectivity index (χ2v) is 9.60. The van der Waals surface area contributed by atoms with Gasteiger partial charge in [0, 0.05) is 51.7 Å². The number of pyridine rings is 1.